The fourth-order valence-corrected chi connectivity index (χ4v) is 4.41. The molecular formula is C24H23ClN4O3. The zero-order valence-electron chi connectivity index (χ0n) is 17.9. The minimum atomic E-state index is -1.15. The van der Waals surface area contributed by atoms with Crippen molar-refractivity contribution < 1.29 is 14.6 Å². The highest BCUT2D eigenvalue weighted by Crippen LogP contribution is 2.35. The van der Waals surface area contributed by atoms with Gasteiger partial charge in [0.15, 0.2) is 5.69 Å². The first-order valence-electron chi connectivity index (χ1n) is 10.5. The van der Waals surface area contributed by atoms with E-state index in [1.165, 1.54) is 0 Å². The summed E-state index contributed by atoms with van der Waals surface area (Å²) in [5.74, 6) is -0.926. The van der Waals surface area contributed by atoms with Gasteiger partial charge in [0, 0.05) is 24.6 Å². The van der Waals surface area contributed by atoms with Crippen LogP contribution in [0.4, 0.5) is 5.69 Å². The molecule has 0 spiro atoms. The smallest absolute Gasteiger partial charge is 0.356 e. The summed E-state index contributed by atoms with van der Waals surface area (Å²) >= 11 is 5.89. The zero-order valence-corrected chi connectivity index (χ0v) is 18.6. The molecule has 164 valence electrons. The van der Waals surface area contributed by atoms with E-state index >= 15 is 0 Å². The molecule has 0 amide bonds. The molecule has 1 aliphatic rings. The van der Waals surface area contributed by atoms with Gasteiger partial charge in [0.1, 0.15) is 16.9 Å². The summed E-state index contributed by atoms with van der Waals surface area (Å²) in [6.45, 7) is 5.28. The number of nitrogens with zero attached hydrogens (tertiary/aromatic N) is 3. The Morgan fingerprint density at radius 2 is 2.03 bits per heavy atom. The first kappa shape index (κ1) is 22.0. The Kier molecular flexibility index (Phi) is 6.26. The molecule has 0 radical (unpaired) electrons. The monoisotopic (exact) mass is 450 g/mol. The Hall–Kier alpha value is -3.21. The van der Waals surface area contributed by atoms with Gasteiger partial charge in [-0.05, 0) is 73.6 Å². The van der Waals surface area contributed by atoms with Crippen LogP contribution in [0.25, 0.3) is 10.9 Å². The predicted molar refractivity (Wildman–Crippen MR) is 122 cm³/mol. The number of aromatic carboxylic acids is 1. The first-order valence-corrected chi connectivity index (χ1v) is 10.8. The number of hydrogen-bond acceptors (Lipinski definition) is 6. The molecule has 1 saturated heterocycles. The van der Waals surface area contributed by atoms with Gasteiger partial charge in [0.25, 0.3) is 0 Å². The largest absolute Gasteiger partial charge is 0.476 e. The fourth-order valence-electron chi connectivity index (χ4n) is 4.26. The van der Waals surface area contributed by atoms with Crippen LogP contribution in [-0.4, -0.2) is 34.3 Å². The summed E-state index contributed by atoms with van der Waals surface area (Å²) in [4.78, 5) is 20.3. The number of rotatable bonds is 5. The predicted octanol–water partition coefficient (Wildman–Crippen LogP) is 5.23. The topological polar surface area (TPSA) is 108 Å². The van der Waals surface area contributed by atoms with Crippen LogP contribution in [0.5, 0.6) is 0 Å². The number of anilines is 1. The molecule has 32 heavy (non-hydrogen) atoms. The lowest BCUT2D eigenvalue weighted by Gasteiger charge is -2.24. The second-order valence-corrected chi connectivity index (χ2v) is 8.43. The minimum Gasteiger partial charge on any atom is -0.476 e. The molecule has 0 bridgehead atoms. The SMILES string of the molecule is Cc1cc([C@@H](C)Nc2ccc(Cl)nc2C(=O)O)c2cc(C3CCOCC3)c(C#N)nc2c1. The number of nitriles is 1. The van der Waals surface area contributed by atoms with Crippen molar-refractivity contribution in [2.24, 2.45) is 0 Å². The van der Waals surface area contributed by atoms with E-state index in [1.807, 2.05) is 19.9 Å². The van der Waals surface area contributed by atoms with Crippen LogP contribution >= 0.6 is 11.6 Å². The molecule has 2 aromatic heterocycles. The molecule has 1 fully saturated rings. The Morgan fingerprint density at radius 1 is 1.28 bits per heavy atom. The number of aryl methyl sites for hydroxylation is 1. The van der Waals surface area contributed by atoms with Gasteiger partial charge in [0.2, 0.25) is 0 Å². The average molecular weight is 451 g/mol. The van der Waals surface area contributed by atoms with Crippen molar-refractivity contribution in [1.29, 1.82) is 5.26 Å². The number of carbonyl (C=O) groups is 1. The molecule has 0 saturated carbocycles. The van der Waals surface area contributed by atoms with Gasteiger partial charge in [-0.25, -0.2) is 14.8 Å². The highest BCUT2D eigenvalue weighted by molar-refractivity contribution is 6.29. The van der Waals surface area contributed by atoms with Crippen molar-refractivity contribution in [3.8, 4) is 6.07 Å². The quantitative estimate of drug-likeness (QED) is 0.512. The number of ether oxygens (including phenoxy) is 1. The van der Waals surface area contributed by atoms with Gasteiger partial charge in [-0.1, -0.05) is 17.7 Å². The molecule has 1 aliphatic heterocycles. The Labute approximate surface area is 191 Å². The molecular weight excluding hydrogens is 428 g/mol. The third-order valence-electron chi connectivity index (χ3n) is 5.81. The van der Waals surface area contributed by atoms with Crippen LogP contribution < -0.4 is 5.32 Å². The van der Waals surface area contributed by atoms with Crippen molar-refractivity contribution in [3.05, 3.63) is 63.6 Å². The van der Waals surface area contributed by atoms with Gasteiger partial charge in [0.05, 0.1) is 11.2 Å². The van der Waals surface area contributed by atoms with E-state index in [9.17, 15) is 15.2 Å². The van der Waals surface area contributed by atoms with Crippen LogP contribution in [0, 0.1) is 18.3 Å². The molecule has 2 N–H and O–H groups in total. The number of hydrogen-bond donors (Lipinski definition) is 2. The van der Waals surface area contributed by atoms with E-state index in [0.29, 0.717) is 24.6 Å². The molecule has 3 heterocycles. The van der Waals surface area contributed by atoms with E-state index in [2.05, 4.69) is 33.5 Å². The number of fused-ring (bicyclic) bond motifs is 1. The van der Waals surface area contributed by atoms with Crippen LogP contribution in [0.15, 0.2) is 30.3 Å². The number of nitrogens with one attached hydrogen (secondary N) is 1. The summed E-state index contributed by atoms with van der Waals surface area (Å²) in [6.07, 6.45) is 1.71. The lowest BCUT2D eigenvalue weighted by molar-refractivity contribution is 0.0691. The van der Waals surface area contributed by atoms with Crippen LogP contribution in [-0.2, 0) is 4.74 Å². The van der Waals surface area contributed by atoms with E-state index in [0.717, 1.165) is 40.4 Å². The number of carboxylic acids is 1. The first-order chi connectivity index (χ1) is 15.4. The molecule has 8 heteroatoms. The number of pyridine rings is 2. The van der Waals surface area contributed by atoms with Crippen LogP contribution in [0.3, 0.4) is 0 Å². The molecule has 7 nitrogen and oxygen atoms in total. The molecule has 3 aromatic rings. The second kappa shape index (κ2) is 9.11. The van der Waals surface area contributed by atoms with Crippen molar-refractivity contribution in [2.75, 3.05) is 18.5 Å². The number of aromatic nitrogens is 2. The Balaban J connectivity index is 1.80. The van der Waals surface area contributed by atoms with E-state index in [-0.39, 0.29) is 22.8 Å². The van der Waals surface area contributed by atoms with E-state index in [1.54, 1.807) is 12.1 Å². The number of benzene rings is 1. The van der Waals surface area contributed by atoms with Crippen molar-refractivity contribution in [3.63, 3.8) is 0 Å². The van der Waals surface area contributed by atoms with Crippen molar-refractivity contribution >= 4 is 34.2 Å². The number of carboxylic acid groups (broad SMARTS) is 1. The third-order valence-corrected chi connectivity index (χ3v) is 6.02. The highest BCUT2D eigenvalue weighted by Gasteiger charge is 2.23. The lowest BCUT2D eigenvalue weighted by Crippen LogP contribution is -2.16. The highest BCUT2D eigenvalue weighted by atomic mass is 35.5. The maximum Gasteiger partial charge on any atom is 0.356 e. The fraction of sp³-hybridized carbons (Fsp3) is 0.333. The maximum atomic E-state index is 11.6. The van der Waals surface area contributed by atoms with Gasteiger partial charge in [-0.2, -0.15) is 5.26 Å². The van der Waals surface area contributed by atoms with Gasteiger partial charge in [-0.15, -0.1) is 0 Å². The second-order valence-electron chi connectivity index (χ2n) is 8.05. The Morgan fingerprint density at radius 3 is 2.72 bits per heavy atom. The molecule has 1 aromatic carbocycles. The zero-order chi connectivity index (χ0) is 22.8. The standard InChI is InChI=1S/C24H23ClN4O3/c1-13-9-16(14(2)27-19-3-4-22(25)29-23(19)24(30)31)18-11-17(15-5-7-32-8-6-15)21(12-26)28-20(18)10-13/h3-4,9-11,14-15,27H,5-8H2,1-2H3,(H,30,31)/t14-/m1/s1. The minimum absolute atomic E-state index is 0.121. The summed E-state index contributed by atoms with van der Waals surface area (Å²) in [7, 11) is 0. The molecule has 1 atom stereocenters. The van der Waals surface area contributed by atoms with Crippen LogP contribution in [0.1, 0.15) is 64.6 Å². The van der Waals surface area contributed by atoms with Gasteiger partial charge < -0.3 is 15.2 Å². The molecule has 0 unspecified atom stereocenters. The van der Waals surface area contributed by atoms with Gasteiger partial charge in [-0.3, -0.25) is 0 Å². The van der Waals surface area contributed by atoms with Crippen molar-refractivity contribution in [2.45, 2.75) is 38.6 Å². The normalized spacial score (nSPS) is 15.3. The maximum absolute atomic E-state index is 11.6. The molecule has 4 rings (SSSR count). The molecule has 0 aliphatic carbocycles. The average Bonchev–Trinajstić information content (AvgIpc) is 2.79. The lowest BCUT2D eigenvalue weighted by atomic mass is 9.88. The summed E-state index contributed by atoms with van der Waals surface area (Å²) < 4.78 is 5.49. The summed E-state index contributed by atoms with van der Waals surface area (Å²) in [5, 5.41) is 23.6. The number of halogens is 1. The summed E-state index contributed by atoms with van der Waals surface area (Å²) in [6, 6.07) is 11.3. The third kappa shape index (κ3) is 4.38. The van der Waals surface area contributed by atoms with E-state index in [4.69, 9.17) is 16.3 Å². The van der Waals surface area contributed by atoms with Crippen LogP contribution in [0.2, 0.25) is 5.15 Å². The van der Waals surface area contributed by atoms with Gasteiger partial charge >= 0.3 is 5.97 Å². The van der Waals surface area contributed by atoms with Crippen molar-refractivity contribution in [1.82, 2.24) is 9.97 Å². The Bertz CT molecular complexity index is 1230. The summed E-state index contributed by atoms with van der Waals surface area (Å²) in [5.41, 5.74) is 4.37. The van der Waals surface area contributed by atoms with E-state index < -0.39 is 5.97 Å².